The summed E-state index contributed by atoms with van der Waals surface area (Å²) in [5, 5.41) is 8.94. The lowest BCUT2D eigenvalue weighted by Gasteiger charge is -2.28. The van der Waals surface area contributed by atoms with Crippen LogP contribution in [-0.4, -0.2) is 21.7 Å². The van der Waals surface area contributed by atoms with Gasteiger partial charge >= 0.3 is 0 Å². The molecule has 3 nitrogen and oxygen atoms in total. The summed E-state index contributed by atoms with van der Waals surface area (Å²) in [5.74, 6) is 1.69. The molecule has 1 aliphatic carbocycles. The van der Waals surface area contributed by atoms with Crippen LogP contribution < -0.4 is 0 Å². The smallest absolute Gasteiger partial charge is 0.159 e. The quantitative estimate of drug-likeness (QED) is 0.813. The van der Waals surface area contributed by atoms with E-state index in [1.54, 1.807) is 6.07 Å². The molecule has 0 spiro atoms. The molecule has 0 radical (unpaired) electrons. The molecule has 134 valence electrons. The molecule has 1 N–H and O–H groups in total. The van der Waals surface area contributed by atoms with E-state index in [1.807, 2.05) is 18.5 Å². The molecule has 0 bridgehead atoms. The van der Waals surface area contributed by atoms with Crippen molar-refractivity contribution in [1.82, 2.24) is 9.97 Å². The molecular formula is C21H27FN2O. The van der Waals surface area contributed by atoms with Crippen LogP contribution in [-0.2, 0) is 6.42 Å². The molecular weight excluding hydrogens is 315 g/mol. The number of hydrogen-bond donors (Lipinski definition) is 1. The number of benzene rings is 1. The molecule has 25 heavy (non-hydrogen) atoms. The Morgan fingerprint density at radius 1 is 1.12 bits per heavy atom. The van der Waals surface area contributed by atoms with Crippen molar-refractivity contribution in [1.29, 1.82) is 0 Å². The second-order valence-electron chi connectivity index (χ2n) is 7.13. The van der Waals surface area contributed by atoms with Crippen molar-refractivity contribution in [3.8, 4) is 11.4 Å². The Balaban J connectivity index is 1.67. The number of aromatic nitrogens is 2. The van der Waals surface area contributed by atoms with Crippen molar-refractivity contribution in [3.05, 3.63) is 47.5 Å². The molecule has 1 aromatic carbocycles. The summed E-state index contributed by atoms with van der Waals surface area (Å²) in [6.07, 6.45) is 11.8. The highest BCUT2D eigenvalue weighted by atomic mass is 19.1. The van der Waals surface area contributed by atoms with Gasteiger partial charge < -0.3 is 5.11 Å². The highest BCUT2D eigenvalue weighted by Gasteiger charge is 2.22. The molecule has 3 rings (SSSR count). The van der Waals surface area contributed by atoms with Crippen LogP contribution >= 0.6 is 0 Å². The topological polar surface area (TPSA) is 46.0 Å². The normalized spacial score (nSPS) is 20.6. The van der Waals surface area contributed by atoms with E-state index < -0.39 is 0 Å². The summed E-state index contributed by atoms with van der Waals surface area (Å²) >= 11 is 0. The first-order chi connectivity index (χ1) is 12.2. The van der Waals surface area contributed by atoms with Gasteiger partial charge in [0.05, 0.1) is 0 Å². The molecule has 1 fully saturated rings. The van der Waals surface area contributed by atoms with E-state index in [1.165, 1.54) is 50.2 Å². The van der Waals surface area contributed by atoms with E-state index in [4.69, 9.17) is 5.11 Å². The number of hydrogen-bond acceptors (Lipinski definition) is 3. The Kier molecular flexibility index (Phi) is 6.14. The van der Waals surface area contributed by atoms with Crippen molar-refractivity contribution in [2.45, 2.75) is 57.8 Å². The van der Waals surface area contributed by atoms with Crippen molar-refractivity contribution in [2.24, 2.45) is 5.92 Å². The van der Waals surface area contributed by atoms with Crippen LogP contribution in [0, 0.1) is 11.7 Å². The Labute approximate surface area is 149 Å². The van der Waals surface area contributed by atoms with Gasteiger partial charge in [0, 0.05) is 24.6 Å². The molecule has 0 atom stereocenters. The fraction of sp³-hybridized carbons (Fsp3) is 0.524. The molecule has 2 aromatic rings. The van der Waals surface area contributed by atoms with Crippen LogP contribution in [0.5, 0.6) is 0 Å². The van der Waals surface area contributed by atoms with Gasteiger partial charge in [-0.05, 0) is 61.1 Å². The minimum Gasteiger partial charge on any atom is -0.396 e. The molecule has 1 heterocycles. The van der Waals surface area contributed by atoms with E-state index in [0.29, 0.717) is 29.3 Å². The highest BCUT2D eigenvalue weighted by molar-refractivity contribution is 5.55. The van der Waals surface area contributed by atoms with Crippen LogP contribution in [0.1, 0.15) is 62.5 Å². The first kappa shape index (κ1) is 18.0. The maximum absolute atomic E-state index is 14.0. The van der Waals surface area contributed by atoms with Crippen LogP contribution in [0.2, 0.25) is 0 Å². The van der Waals surface area contributed by atoms with Gasteiger partial charge in [0.25, 0.3) is 0 Å². The van der Waals surface area contributed by atoms with E-state index >= 15 is 0 Å². The average molecular weight is 342 g/mol. The number of aliphatic hydroxyl groups is 1. The molecule has 0 unspecified atom stereocenters. The largest absolute Gasteiger partial charge is 0.396 e. The minimum atomic E-state index is -0.312. The molecule has 4 heteroatoms. The van der Waals surface area contributed by atoms with Crippen molar-refractivity contribution in [2.75, 3.05) is 6.61 Å². The van der Waals surface area contributed by atoms with Crippen LogP contribution in [0.15, 0.2) is 30.6 Å². The third kappa shape index (κ3) is 4.43. The second-order valence-corrected chi connectivity index (χ2v) is 7.13. The number of halogens is 1. The number of rotatable bonds is 6. The van der Waals surface area contributed by atoms with Gasteiger partial charge in [0.1, 0.15) is 5.82 Å². The Bertz CT molecular complexity index is 679. The molecule has 1 saturated carbocycles. The van der Waals surface area contributed by atoms with Gasteiger partial charge in [-0.25, -0.2) is 14.4 Å². The lowest BCUT2D eigenvalue weighted by molar-refractivity contribution is 0.297. The van der Waals surface area contributed by atoms with Crippen molar-refractivity contribution in [3.63, 3.8) is 0 Å². The monoisotopic (exact) mass is 342 g/mol. The van der Waals surface area contributed by atoms with E-state index in [-0.39, 0.29) is 12.4 Å². The standard InChI is InChI=1S/C21H27FN2O/c1-2-3-15-4-6-16(7-5-15)19-13-23-21(24-14-19)18-9-8-17(10-11-25)20(22)12-18/h8-9,12-16,25H,2-7,10-11H2,1H3. The highest BCUT2D eigenvalue weighted by Crippen LogP contribution is 2.37. The first-order valence-corrected chi connectivity index (χ1v) is 9.42. The zero-order valence-electron chi connectivity index (χ0n) is 14.9. The molecule has 0 aliphatic heterocycles. The lowest BCUT2D eigenvalue weighted by Crippen LogP contribution is -2.13. The SMILES string of the molecule is CCCC1CCC(c2cnc(-c3ccc(CCO)c(F)c3)nc2)CC1. The predicted octanol–water partition coefficient (Wildman–Crippen LogP) is 4.89. The summed E-state index contributed by atoms with van der Waals surface area (Å²) < 4.78 is 14.0. The molecule has 1 aliphatic rings. The zero-order chi connectivity index (χ0) is 17.6. The van der Waals surface area contributed by atoms with Crippen LogP contribution in [0.3, 0.4) is 0 Å². The Morgan fingerprint density at radius 3 is 2.44 bits per heavy atom. The Morgan fingerprint density at radius 2 is 1.84 bits per heavy atom. The summed E-state index contributed by atoms with van der Waals surface area (Å²) in [6.45, 7) is 2.21. The van der Waals surface area contributed by atoms with Gasteiger partial charge in [0.15, 0.2) is 5.82 Å². The van der Waals surface area contributed by atoms with Gasteiger partial charge in [-0.1, -0.05) is 31.9 Å². The lowest BCUT2D eigenvalue weighted by atomic mass is 9.78. The van der Waals surface area contributed by atoms with E-state index in [9.17, 15) is 4.39 Å². The summed E-state index contributed by atoms with van der Waals surface area (Å²) in [4.78, 5) is 8.94. The third-order valence-corrected chi connectivity index (χ3v) is 5.38. The molecule has 0 amide bonds. The van der Waals surface area contributed by atoms with Crippen LogP contribution in [0.25, 0.3) is 11.4 Å². The maximum atomic E-state index is 14.0. The number of nitrogens with zero attached hydrogens (tertiary/aromatic N) is 2. The van der Waals surface area contributed by atoms with E-state index in [0.717, 1.165) is 5.92 Å². The van der Waals surface area contributed by atoms with Gasteiger partial charge in [-0.2, -0.15) is 0 Å². The van der Waals surface area contributed by atoms with Gasteiger partial charge in [0.2, 0.25) is 0 Å². The summed E-state index contributed by atoms with van der Waals surface area (Å²) in [5.41, 5.74) is 2.40. The molecule has 1 aromatic heterocycles. The summed E-state index contributed by atoms with van der Waals surface area (Å²) in [6, 6.07) is 4.97. The summed E-state index contributed by atoms with van der Waals surface area (Å²) in [7, 11) is 0. The minimum absolute atomic E-state index is 0.0536. The van der Waals surface area contributed by atoms with Gasteiger partial charge in [-0.15, -0.1) is 0 Å². The predicted molar refractivity (Wildman–Crippen MR) is 97.8 cm³/mol. The fourth-order valence-corrected chi connectivity index (χ4v) is 3.90. The van der Waals surface area contributed by atoms with E-state index in [2.05, 4.69) is 16.9 Å². The number of aliphatic hydroxyl groups excluding tert-OH is 1. The van der Waals surface area contributed by atoms with Crippen LogP contribution in [0.4, 0.5) is 4.39 Å². The Hall–Kier alpha value is -1.81. The maximum Gasteiger partial charge on any atom is 0.159 e. The molecule has 0 saturated heterocycles. The third-order valence-electron chi connectivity index (χ3n) is 5.38. The average Bonchev–Trinajstić information content (AvgIpc) is 2.65. The van der Waals surface area contributed by atoms with Gasteiger partial charge in [-0.3, -0.25) is 0 Å². The first-order valence-electron chi connectivity index (χ1n) is 9.42. The second kappa shape index (κ2) is 8.52. The fourth-order valence-electron chi connectivity index (χ4n) is 3.90. The zero-order valence-corrected chi connectivity index (χ0v) is 14.9. The van der Waals surface area contributed by atoms with Crippen molar-refractivity contribution >= 4 is 0 Å². The van der Waals surface area contributed by atoms with Crippen molar-refractivity contribution < 1.29 is 9.50 Å².